The largest absolute Gasteiger partial charge is 0.480 e. The van der Waals surface area contributed by atoms with Crippen molar-refractivity contribution in [3.05, 3.63) is 70.2 Å². The lowest BCUT2D eigenvalue weighted by atomic mass is 9.95. The summed E-state index contributed by atoms with van der Waals surface area (Å²) in [5, 5.41) is 12.9. The van der Waals surface area contributed by atoms with Gasteiger partial charge in [0, 0.05) is 53.7 Å². The standard InChI is InChI=1S/C34H39Cl2N7O4S/c1-19(14-34(2,3)48(37)45)31-33(47-5)43-26(18-40-31)24-11-7-9-22(30(24)36)21-8-6-10-23(29(21)35)25-17-39-27(32(42-25)46-4)16-38-15-20-12-13-28(44)41-20/h6-11,17-20,38H,12-16,37H2,1-5H3,(H,41,44)/t19-,20+,48?/m1/s1. The van der Waals surface area contributed by atoms with E-state index in [-0.39, 0.29) is 17.9 Å². The minimum absolute atomic E-state index is 0.0770. The first-order valence-electron chi connectivity index (χ1n) is 15.5. The van der Waals surface area contributed by atoms with Gasteiger partial charge in [0.2, 0.25) is 17.7 Å². The number of methoxy groups -OCH3 is 2. The molecule has 0 bridgehead atoms. The second kappa shape index (κ2) is 15.3. The number of benzene rings is 2. The summed E-state index contributed by atoms with van der Waals surface area (Å²) in [5.74, 6) is 0.701. The lowest BCUT2D eigenvalue weighted by molar-refractivity contribution is -0.119. The van der Waals surface area contributed by atoms with Crippen LogP contribution in [0.5, 0.6) is 11.8 Å². The van der Waals surface area contributed by atoms with Crippen molar-refractivity contribution in [2.45, 2.75) is 63.3 Å². The van der Waals surface area contributed by atoms with Gasteiger partial charge >= 0.3 is 0 Å². The van der Waals surface area contributed by atoms with E-state index in [1.54, 1.807) is 19.5 Å². The normalized spacial score (nSPS) is 16.0. The number of hydrogen-bond acceptors (Lipinski definition) is 9. The number of ether oxygens (including phenoxy) is 2. The van der Waals surface area contributed by atoms with Crippen molar-refractivity contribution in [1.29, 1.82) is 0 Å². The Kier molecular flexibility index (Phi) is 11.3. The highest BCUT2D eigenvalue weighted by Gasteiger charge is 2.29. The number of rotatable bonds is 13. The first-order valence-corrected chi connectivity index (χ1v) is 17.5. The van der Waals surface area contributed by atoms with Crippen LogP contribution in [0.4, 0.5) is 0 Å². The van der Waals surface area contributed by atoms with Crippen LogP contribution in [0.3, 0.4) is 0 Å². The fourth-order valence-electron chi connectivity index (χ4n) is 5.80. The molecule has 0 aliphatic carbocycles. The minimum atomic E-state index is -1.50. The number of nitrogens with one attached hydrogen (secondary N) is 2. The molecule has 48 heavy (non-hydrogen) atoms. The van der Waals surface area contributed by atoms with Crippen LogP contribution >= 0.6 is 23.2 Å². The van der Waals surface area contributed by atoms with E-state index in [1.807, 2.05) is 57.2 Å². The van der Waals surface area contributed by atoms with Crippen LogP contribution in [0, 0.1) is 0 Å². The molecule has 11 nitrogen and oxygen atoms in total. The van der Waals surface area contributed by atoms with Gasteiger partial charge in [-0.2, -0.15) is 0 Å². The first kappa shape index (κ1) is 35.6. The van der Waals surface area contributed by atoms with Gasteiger partial charge in [-0.25, -0.2) is 14.2 Å². The zero-order valence-corrected chi connectivity index (χ0v) is 29.8. The summed E-state index contributed by atoms with van der Waals surface area (Å²) in [6.45, 7) is 6.75. The van der Waals surface area contributed by atoms with Gasteiger partial charge in [-0.15, -0.1) is 0 Å². The predicted molar refractivity (Wildman–Crippen MR) is 189 cm³/mol. The summed E-state index contributed by atoms with van der Waals surface area (Å²) >= 11 is 14.1. The molecule has 3 heterocycles. The fraction of sp³-hybridized carbons (Fsp3) is 0.382. The average molecular weight is 713 g/mol. The molecular formula is C34H39Cl2N7O4S. The van der Waals surface area contributed by atoms with Gasteiger partial charge in [-0.3, -0.25) is 19.9 Å². The molecule has 1 amide bonds. The lowest BCUT2D eigenvalue weighted by Gasteiger charge is -2.25. The van der Waals surface area contributed by atoms with Crippen molar-refractivity contribution >= 4 is 40.1 Å². The fourth-order valence-corrected chi connectivity index (χ4v) is 6.86. The Labute approximate surface area is 293 Å². The number of hydrogen-bond donors (Lipinski definition) is 3. The van der Waals surface area contributed by atoms with Crippen LogP contribution in [-0.4, -0.2) is 61.6 Å². The molecule has 4 aromatic rings. The third kappa shape index (κ3) is 7.79. The van der Waals surface area contributed by atoms with Crippen LogP contribution in [0.15, 0.2) is 48.8 Å². The number of nitrogens with two attached hydrogens (primary N) is 1. The van der Waals surface area contributed by atoms with Gasteiger partial charge in [-0.05, 0) is 26.7 Å². The Morgan fingerprint density at radius 2 is 1.54 bits per heavy atom. The highest BCUT2D eigenvalue weighted by atomic mass is 35.5. The minimum Gasteiger partial charge on any atom is -0.480 e. The molecule has 0 spiro atoms. The summed E-state index contributed by atoms with van der Waals surface area (Å²) in [5.41, 5.74) is 5.07. The maximum Gasteiger partial charge on any atom is 0.237 e. The Hall–Kier alpha value is -3.68. The molecule has 3 atom stereocenters. The van der Waals surface area contributed by atoms with Gasteiger partial charge in [-0.1, -0.05) is 66.5 Å². The molecule has 1 fully saturated rings. The third-order valence-corrected chi connectivity index (χ3v) is 10.5. The molecule has 1 unspecified atom stereocenters. The first-order chi connectivity index (χ1) is 22.9. The molecule has 4 N–H and O–H groups in total. The van der Waals surface area contributed by atoms with E-state index in [0.29, 0.717) is 92.8 Å². The molecule has 1 saturated heterocycles. The maximum atomic E-state index is 12.0. The van der Waals surface area contributed by atoms with Crippen molar-refractivity contribution in [2.24, 2.45) is 5.14 Å². The summed E-state index contributed by atoms with van der Waals surface area (Å²) in [7, 11) is 1.58. The van der Waals surface area contributed by atoms with Gasteiger partial charge < -0.3 is 20.1 Å². The van der Waals surface area contributed by atoms with Crippen molar-refractivity contribution in [2.75, 3.05) is 20.8 Å². The summed E-state index contributed by atoms with van der Waals surface area (Å²) < 4.78 is 22.6. The van der Waals surface area contributed by atoms with Crippen molar-refractivity contribution < 1.29 is 18.5 Å². The third-order valence-electron chi connectivity index (χ3n) is 8.38. The Bertz CT molecular complexity index is 1840. The van der Waals surface area contributed by atoms with Crippen molar-refractivity contribution in [3.8, 4) is 45.4 Å². The zero-order chi connectivity index (χ0) is 34.6. The van der Waals surface area contributed by atoms with E-state index in [0.717, 1.165) is 6.42 Å². The van der Waals surface area contributed by atoms with Crippen LogP contribution < -0.4 is 25.2 Å². The predicted octanol–water partition coefficient (Wildman–Crippen LogP) is 5.85. The van der Waals surface area contributed by atoms with E-state index < -0.39 is 15.7 Å². The second-order valence-electron chi connectivity index (χ2n) is 12.3. The Balaban J connectivity index is 1.41. The highest BCUT2D eigenvalue weighted by Crippen LogP contribution is 2.42. The Morgan fingerprint density at radius 1 is 0.979 bits per heavy atom. The second-order valence-corrected chi connectivity index (χ2v) is 14.7. The topological polar surface area (TPSA) is 154 Å². The molecule has 5 rings (SSSR count). The number of nitrogens with zero attached hydrogens (tertiary/aromatic N) is 4. The van der Waals surface area contributed by atoms with E-state index in [9.17, 15) is 9.00 Å². The number of carbonyl (C=O) groups is 1. The summed E-state index contributed by atoms with van der Waals surface area (Å²) in [6.07, 6.45) is 5.21. The number of halogens is 2. The average Bonchev–Trinajstić information content (AvgIpc) is 3.49. The molecular weight excluding hydrogens is 673 g/mol. The molecule has 2 aromatic heterocycles. The molecule has 14 heteroatoms. The summed E-state index contributed by atoms with van der Waals surface area (Å²) in [4.78, 5) is 30.3. The van der Waals surface area contributed by atoms with E-state index >= 15 is 0 Å². The van der Waals surface area contributed by atoms with Gasteiger partial charge in [0.15, 0.2) is 0 Å². The molecule has 0 saturated carbocycles. The quantitative estimate of drug-likeness (QED) is 0.155. The summed E-state index contributed by atoms with van der Waals surface area (Å²) in [6, 6.07) is 11.4. The molecule has 0 radical (unpaired) electrons. The van der Waals surface area contributed by atoms with Gasteiger partial charge in [0.05, 0.1) is 63.8 Å². The van der Waals surface area contributed by atoms with Crippen LogP contribution in [0.1, 0.15) is 57.3 Å². The Morgan fingerprint density at radius 3 is 2.08 bits per heavy atom. The smallest absolute Gasteiger partial charge is 0.237 e. The van der Waals surface area contributed by atoms with Crippen LogP contribution in [0.2, 0.25) is 10.0 Å². The van der Waals surface area contributed by atoms with E-state index in [4.69, 9.17) is 47.8 Å². The van der Waals surface area contributed by atoms with Crippen LogP contribution in [0.25, 0.3) is 33.6 Å². The maximum absolute atomic E-state index is 12.0. The number of aromatic nitrogens is 4. The molecule has 254 valence electrons. The van der Waals surface area contributed by atoms with Gasteiger partial charge in [0.1, 0.15) is 11.4 Å². The molecule has 2 aromatic carbocycles. The van der Waals surface area contributed by atoms with Crippen molar-refractivity contribution in [1.82, 2.24) is 30.6 Å². The van der Waals surface area contributed by atoms with Crippen LogP contribution in [-0.2, 0) is 22.3 Å². The lowest BCUT2D eigenvalue weighted by Crippen LogP contribution is -2.35. The molecule has 1 aliphatic heterocycles. The van der Waals surface area contributed by atoms with E-state index in [1.165, 1.54) is 7.11 Å². The monoisotopic (exact) mass is 711 g/mol. The molecule has 1 aliphatic rings. The zero-order valence-electron chi connectivity index (χ0n) is 27.5. The number of carbonyl (C=O) groups excluding carboxylic acids is 1. The highest BCUT2D eigenvalue weighted by molar-refractivity contribution is 7.84. The van der Waals surface area contributed by atoms with Crippen molar-refractivity contribution in [3.63, 3.8) is 0 Å². The number of amides is 1. The SMILES string of the molecule is COc1nc(-c2cccc(-c3cccc(-c4cnc([C@H](C)CC(C)(C)S(N)=O)c(OC)n4)c3Cl)c2Cl)cnc1CNC[C@@H]1CCC(=O)N1. The van der Waals surface area contributed by atoms with E-state index in [2.05, 4.69) is 20.6 Å². The van der Waals surface area contributed by atoms with Gasteiger partial charge in [0.25, 0.3) is 0 Å².